The molecule has 4 amide bonds. The van der Waals surface area contributed by atoms with Crippen molar-refractivity contribution >= 4 is 47.2 Å². The average molecular weight is 645 g/mol. The van der Waals surface area contributed by atoms with Crippen molar-refractivity contribution in [3.05, 3.63) is 46.7 Å². The number of likely N-dealkylation sites (tertiary alicyclic amines) is 1. The first-order chi connectivity index (χ1) is 21.3. The number of piperidine rings is 1. The maximum absolute atomic E-state index is 12.9. The Morgan fingerprint density at radius 1 is 1.02 bits per heavy atom. The smallest absolute Gasteiger partial charge is 0.407 e. The number of hydrogen-bond donors (Lipinski definition) is 6. The van der Waals surface area contributed by atoms with Crippen LogP contribution in [0.4, 0.5) is 21.2 Å². The molecule has 14 nitrogen and oxygen atoms in total. The normalized spacial score (nSPS) is 14.8. The Bertz CT molecular complexity index is 1340. The van der Waals surface area contributed by atoms with Crippen LogP contribution in [0.25, 0.3) is 0 Å². The topological polar surface area (TPSA) is 216 Å². The van der Waals surface area contributed by atoms with Gasteiger partial charge in [0.15, 0.2) is 28.4 Å². The number of carbonyl (C=O) groups excluding carboxylic acids is 3. The highest BCUT2D eigenvalue weighted by atomic mass is 35.5. The quantitative estimate of drug-likeness (QED) is 0.120. The van der Waals surface area contributed by atoms with Crippen LogP contribution in [-0.2, 0) is 11.2 Å². The predicted octanol–water partition coefficient (Wildman–Crippen LogP) is 3.07. The van der Waals surface area contributed by atoms with E-state index in [-0.39, 0.29) is 39.9 Å². The Morgan fingerprint density at radius 2 is 1.67 bits per heavy atom. The van der Waals surface area contributed by atoms with E-state index in [1.807, 2.05) is 39.0 Å². The van der Waals surface area contributed by atoms with Gasteiger partial charge in [0.1, 0.15) is 5.60 Å². The van der Waals surface area contributed by atoms with Crippen molar-refractivity contribution in [1.29, 1.82) is 0 Å². The van der Waals surface area contributed by atoms with Crippen molar-refractivity contribution in [3.63, 3.8) is 0 Å². The number of benzene rings is 1. The number of ether oxygens (including phenoxy) is 1. The summed E-state index contributed by atoms with van der Waals surface area (Å²) in [5.74, 6) is -1.05. The largest absolute Gasteiger partial charge is 0.444 e. The molecule has 0 unspecified atom stereocenters. The summed E-state index contributed by atoms with van der Waals surface area (Å²) >= 11 is 5.90. The predicted molar refractivity (Wildman–Crippen MR) is 175 cm³/mol. The number of aliphatic imine (C=N–C) groups is 1. The van der Waals surface area contributed by atoms with Crippen LogP contribution in [0.5, 0.6) is 0 Å². The number of rotatable bonds is 11. The van der Waals surface area contributed by atoms with E-state index in [9.17, 15) is 14.4 Å². The molecule has 0 spiro atoms. The van der Waals surface area contributed by atoms with E-state index in [4.69, 9.17) is 33.5 Å². The minimum absolute atomic E-state index is 0.0830. The van der Waals surface area contributed by atoms with Gasteiger partial charge in [-0.15, -0.1) is 0 Å². The van der Waals surface area contributed by atoms with E-state index in [0.717, 1.165) is 19.3 Å². The Labute approximate surface area is 268 Å². The highest BCUT2D eigenvalue weighted by Gasteiger charge is 2.36. The molecule has 1 aromatic carbocycles. The first-order valence-corrected chi connectivity index (χ1v) is 15.4. The summed E-state index contributed by atoms with van der Waals surface area (Å²) < 4.78 is 5.22. The molecule has 1 aromatic heterocycles. The van der Waals surface area contributed by atoms with E-state index in [0.29, 0.717) is 52.0 Å². The van der Waals surface area contributed by atoms with Crippen molar-refractivity contribution < 1.29 is 19.1 Å². The molecule has 0 saturated carbocycles. The van der Waals surface area contributed by atoms with Gasteiger partial charge in [0.05, 0.1) is 0 Å². The van der Waals surface area contributed by atoms with E-state index in [2.05, 4.69) is 43.0 Å². The van der Waals surface area contributed by atoms with Gasteiger partial charge in [-0.05, 0) is 70.3 Å². The minimum Gasteiger partial charge on any atom is -0.444 e. The van der Waals surface area contributed by atoms with Gasteiger partial charge in [0.25, 0.3) is 5.91 Å². The SMILES string of the molecule is CC(C)(C)OC(=O)NCCCCNC(=O)N1CCC(CCc2ccccc2)(CN=C(N)NC(=O)c2nc(Cl)c(N)nc2N)CC1. The minimum atomic E-state index is -0.700. The van der Waals surface area contributed by atoms with Crippen LogP contribution in [0, 0.1) is 5.41 Å². The molecule has 246 valence electrons. The molecule has 0 bridgehead atoms. The number of aryl methyl sites for hydroxylation is 1. The second kappa shape index (κ2) is 16.1. The molecular weight excluding hydrogens is 600 g/mol. The number of carbonyl (C=O) groups is 3. The number of nitrogens with zero attached hydrogens (tertiary/aromatic N) is 4. The molecule has 15 heteroatoms. The fourth-order valence-corrected chi connectivity index (χ4v) is 4.99. The lowest BCUT2D eigenvalue weighted by Crippen LogP contribution is -2.49. The van der Waals surface area contributed by atoms with Crippen LogP contribution >= 0.6 is 11.6 Å². The second-order valence-corrected chi connectivity index (χ2v) is 12.5. The van der Waals surface area contributed by atoms with Gasteiger partial charge < -0.3 is 37.5 Å². The Balaban J connectivity index is 1.53. The molecule has 1 fully saturated rings. The fraction of sp³-hybridized carbons (Fsp3) is 0.533. The van der Waals surface area contributed by atoms with Gasteiger partial charge in [0.2, 0.25) is 0 Å². The van der Waals surface area contributed by atoms with Crippen LogP contribution in [0.1, 0.15) is 68.9 Å². The zero-order valence-electron chi connectivity index (χ0n) is 26.2. The standard InChI is InChI=1S/C30H45ClN10O4/c1-29(2,3)45-28(44)36-16-8-7-15-35-27(43)41-17-13-30(14-18-41,12-11-20-9-5-4-6-10-20)19-37-26(34)40-25(42)21-23(32)39-24(33)22(31)38-21/h4-6,9-10H,7-8,11-19H2,1-3H3,(H,35,43)(H,36,44)(H4,32,33,39)(H3,34,37,40,42). The van der Waals surface area contributed by atoms with Gasteiger partial charge >= 0.3 is 12.1 Å². The summed E-state index contributed by atoms with van der Waals surface area (Å²) in [5.41, 5.74) is 17.7. The number of urea groups is 1. The number of alkyl carbamates (subject to hydrolysis) is 1. The third-order valence-electron chi connectivity index (χ3n) is 7.39. The molecule has 2 heterocycles. The van der Waals surface area contributed by atoms with E-state index in [1.165, 1.54) is 5.56 Å². The van der Waals surface area contributed by atoms with Gasteiger partial charge in [-0.1, -0.05) is 41.9 Å². The summed E-state index contributed by atoms with van der Waals surface area (Å²) in [6.45, 7) is 7.87. The van der Waals surface area contributed by atoms with Crippen LogP contribution < -0.4 is 33.2 Å². The van der Waals surface area contributed by atoms with Gasteiger partial charge in [-0.3, -0.25) is 15.1 Å². The molecule has 9 N–H and O–H groups in total. The number of nitrogens with one attached hydrogen (secondary N) is 3. The van der Waals surface area contributed by atoms with Crippen molar-refractivity contribution in [2.75, 3.05) is 44.2 Å². The summed E-state index contributed by atoms with van der Waals surface area (Å²) in [6.07, 6.45) is 4.07. The number of anilines is 2. The first kappa shape index (κ1) is 35.2. The molecule has 1 saturated heterocycles. The Morgan fingerprint density at radius 3 is 2.31 bits per heavy atom. The zero-order valence-corrected chi connectivity index (χ0v) is 27.0. The van der Waals surface area contributed by atoms with Gasteiger partial charge in [0, 0.05) is 32.7 Å². The number of aromatic nitrogens is 2. The molecule has 3 rings (SSSR count). The van der Waals surface area contributed by atoms with Gasteiger partial charge in [-0.2, -0.15) is 0 Å². The summed E-state index contributed by atoms with van der Waals surface area (Å²) in [4.78, 5) is 51.3. The number of halogens is 1. The first-order valence-electron chi connectivity index (χ1n) is 15.0. The Hall–Kier alpha value is -4.33. The van der Waals surface area contributed by atoms with Crippen LogP contribution in [0.2, 0.25) is 5.15 Å². The molecule has 2 aromatic rings. The molecular formula is C30H45ClN10O4. The molecule has 1 aliphatic heterocycles. The number of nitrogens with two attached hydrogens (primary N) is 3. The van der Waals surface area contributed by atoms with Crippen molar-refractivity contribution in [2.45, 2.75) is 64.9 Å². The lowest BCUT2D eigenvalue weighted by atomic mass is 9.74. The lowest BCUT2D eigenvalue weighted by molar-refractivity contribution is 0.0526. The number of amides is 4. The van der Waals surface area contributed by atoms with Gasteiger partial charge in [-0.25, -0.2) is 19.6 Å². The van der Waals surface area contributed by atoms with Crippen LogP contribution in [0.3, 0.4) is 0 Å². The molecule has 1 aliphatic rings. The summed E-state index contributed by atoms with van der Waals surface area (Å²) in [6, 6.07) is 10.0. The molecule has 45 heavy (non-hydrogen) atoms. The number of nitrogen functional groups attached to an aromatic ring is 2. The second-order valence-electron chi connectivity index (χ2n) is 12.1. The van der Waals surface area contributed by atoms with Crippen molar-refractivity contribution in [1.82, 2.24) is 30.8 Å². The van der Waals surface area contributed by atoms with Crippen molar-refractivity contribution in [2.24, 2.45) is 16.1 Å². The van der Waals surface area contributed by atoms with Crippen LogP contribution in [0.15, 0.2) is 35.3 Å². The highest BCUT2D eigenvalue weighted by molar-refractivity contribution is 6.31. The van der Waals surface area contributed by atoms with Crippen molar-refractivity contribution in [3.8, 4) is 0 Å². The summed E-state index contributed by atoms with van der Waals surface area (Å²) in [5, 5.41) is 8.05. The Kier molecular flexibility index (Phi) is 12.6. The summed E-state index contributed by atoms with van der Waals surface area (Å²) in [7, 11) is 0. The molecule has 0 radical (unpaired) electrons. The average Bonchev–Trinajstić information content (AvgIpc) is 2.98. The third-order valence-corrected chi connectivity index (χ3v) is 7.67. The third kappa shape index (κ3) is 11.6. The molecule has 0 atom stereocenters. The van der Waals surface area contributed by atoms with Crippen LogP contribution in [-0.4, -0.2) is 77.2 Å². The lowest BCUT2D eigenvalue weighted by Gasteiger charge is -2.41. The maximum atomic E-state index is 12.9. The number of unbranched alkanes of at least 4 members (excludes halogenated alkanes) is 1. The monoisotopic (exact) mass is 644 g/mol. The zero-order chi connectivity index (χ0) is 33.0. The fourth-order valence-electron chi connectivity index (χ4n) is 4.86. The molecule has 0 aliphatic carbocycles. The maximum Gasteiger partial charge on any atom is 0.407 e. The number of guanidine groups is 1. The van der Waals surface area contributed by atoms with E-state index < -0.39 is 17.6 Å². The number of hydrogen-bond acceptors (Lipinski definition) is 9. The van der Waals surface area contributed by atoms with E-state index >= 15 is 0 Å². The highest BCUT2D eigenvalue weighted by Crippen LogP contribution is 2.37. The van der Waals surface area contributed by atoms with E-state index in [1.54, 1.807) is 4.90 Å².